The van der Waals surface area contributed by atoms with Gasteiger partial charge in [-0.2, -0.15) is 13.2 Å². The Balaban J connectivity index is 2.17. The molecule has 1 N–H and O–H groups in total. The van der Waals surface area contributed by atoms with Crippen molar-refractivity contribution in [3.05, 3.63) is 66.2 Å². The van der Waals surface area contributed by atoms with Crippen LogP contribution in [0.5, 0.6) is 0 Å². The molecule has 1 amide bonds. The van der Waals surface area contributed by atoms with Crippen LogP contribution in [-0.2, 0) is 4.79 Å². The van der Waals surface area contributed by atoms with Crippen molar-refractivity contribution in [2.45, 2.75) is 16.3 Å². The van der Waals surface area contributed by atoms with Crippen LogP contribution in [0.1, 0.15) is 10.8 Å². The van der Waals surface area contributed by atoms with Gasteiger partial charge in [-0.1, -0.05) is 48.5 Å². The number of carbonyl (C=O) groups is 1. The molecule has 0 bridgehead atoms. The summed E-state index contributed by atoms with van der Waals surface area (Å²) in [6.45, 7) is -1.33. The molecule has 22 heavy (non-hydrogen) atoms. The van der Waals surface area contributed by atoms with Crippen LogP contribution in [0.3, 0.4) is 0 Å². The average molecular weight is 325 g/mol. The lowest BCUT2D eigenvalue weighted by Crippen LogP contribution is -2.36. The number of hydrogen-bond acceptors (Lipinski definition) is 2. The maximum atomic E-state index is 12.3. The molecular formula is C16H14F3NOS. The van der Waals surface area contributed by atoms with Crippen molar-refractivity contribution >= 4 is 17.7 Å². The zero-order valence-electron chi connectivity index (χ0n) is 11.5. The van der Waals surface area contributed by atoms with Crippen LogP contribution >= 0.6 is 11.8 Å². The largest absolute Gasteiger partial charge is 0.405 e. The van der Waals surface area contributed by atoms with E-state index in [1.54, 1.807) is 30.3 Å². The summed E-state index contributed by atoms with van der Waals surface area (Å²) in [7, 11) is 0. The topological polar surface area (TPSA) is 29.1 Å². The number of alkyl halides is 3. The summed E-state index contributed by atoms with van der Waals surface area (Å²) in [4.78, 5) is 13.0. The molecule has 0 spiro atoms. The molecule has 0 aliphatic heterocycles. The quantitative estimate of drug-likeness (QED) is 0.835. The maximum Gasteiger partial charge on any atom is 0.405 e. The second-order valence-corrected chi connectivity index (χ2v) is 5.73. The summed E-state index contributed by atoms with van der Waals surface area (Å²) in [5.41, 5.74) is 0.663. The van der Waals surface area contributed by atoms with E-state index < -0.39 is 23.9 Å². The van der Waals surface area contributed by atoms with Gasteiger partial charge < -0.3 is 5.32 Å². The SMILES string of the molecule is O=C(NCC(F)(F)F)[C@@H](Sc1ccccc1)c1ccccc1. The summed E-state index contributed by atoms with van der Waals surface area (Å²) in [5, 5.41) is 1.23. The van der Waals surface area contributed by atoms with Crippen molar-refractivity contribution in [1.82, 2.24) is 5.32 Å². The second kappa shape index (κ2) is 7.35. The normalized spacial score (nSPS) is 12.7. The molecule has 0 aliphatic carbocycles. The van der Waals surface area contributed by atoms with E-state index in [9.17, 15) is 18.0 Å². The maximum absolute atomic E-state index is 12.3. The third kappa shape index (κ3) is 5.11. The minimum absolute atomic E-state index is 0.655. The Morgan fingerprint density at radius 2 is 1.55 bits per heavy atom. The fourth-order valence-electron chi connectivity index (χ4n) is 1.82. The predicted octanol–water partition coefficient (Wildman–Crippen LogP) is 4.20. The number of nitrogens with one attached hydrogen (secondary N) is 1. The lowest BCUT2D eigenvalue weighted by Gasteiger charge is -2.17. The summed E-state index contributed by atoms with van der Waals surface area (Å²) < 4.78 is 36.9. The molecule has 0 radical (unpaired) electrons. The predicted molar refractivity (Wildman–Crippen MR) is 80.5 cm³/mol. The van der Waals surface area contributed by atoms with Crippen molar-refractivity contribution in [3.8, 4) is 0 Å². The van der Waals surface area contributed by atoms with E-state index in [1.807, 2.05) is 35.6 Å². The number of amides is 1. The van der Waals surface area contributed by atoms with Gasteiger partial charge in [0.2, 0.25) is 5.91 Å². The van der Waals surface area contributed by atoms with Crippen molar-refractivity contribution in [1.29, 1.82) is 0 Å². The van der Waals surface area contributed by atoms with Crippen LogP contribution in [0.2, 0.25) is 0 Å². The number of carbonyl (C=O) groups excluding carboxylic acids is 1. The fourth-order valence-corrected chi connectivity index (χ4v) is 2.89. The zero-order chi connectivity index (χ0) is 16.0. The van der Waals surface area contributed by atoms with E-state index in [4.69, 9.17) is 0 Å². The highest BCUT2D eigenvalue weighted by molar-refractivity contribution is 8.00. The number of halogens is 3. The minimum atomic E-state index is -4.42. The molecule has 2 rings (SSSR count). The monoisotopic (exact) mass is 325 g/mol. The van der Waals surface area contributed by atoms with Gasteiger partial charge in [0.25, 0.3) is 0 Å². The molecule has 0 saturated carbocycles. The summed E-state index contributed by atoms with van der Waals surface area (Å²) >= 11 is 1.22. The number of thioether (sulfide) groups is 1. The van der Waals surface area contributed by atoms with Gasteiger partial charge >= 0.3 is 6.18 Å². The Bertz CT molecular complexity index is 602. The van der Waals surface area contributed by atoms with E-state index >= 15 is 0 Å². The molecule has 0 aromatic heterocycles. The van der Waals surface area contributed by atoms with E-state index in [0.29, 0.717) is 5.56 Å². The summed E-state index contributed by atoms with van der Waals surface area (Å²) in [6.07, 6.45) is -4.42. The molecule has 1 atom stereocenters. The molecule has 6 heteroatoms. The smallest absolute Gasteiger partial charge is 0.346 e. The van der Waals surface area contributed by atoms with Gasteiger partial charge in [0, 0.05) is 4.90 Å². The Kier molecular flexibility index (Phi) is 5.49. The van der Waals surface area contributed by atoms with Gasteiger partial charge in [-0.15, -0.1) is 11.8 Å². The van der Waals surface area contributed by atoms with Crippen molar-refractivity contribution in [3.63, 3.8) is 0 Å². The van der Waals surface area contributed by atoms with E-state index in [1.165, 1.54) is 11.8 Å². The third-order valence-corrected chi connectivity index (χ3v) is 4.07. The molecule has 0 saturated heterocycles. The van der Waals surface area contributed by atoms with Crippen LogP contribution in [0.25, 0.3) is 0 Å². The van der Waals surface area contributed by atoms with Crippen molar-refractivity contribution in [2.75, 3.05) is 6.54 Å². The standard InChI is InChI=1S/C16H14F3NOS/c17-16(18,19)11-20-15(21)14(12-7-3-1-4-8-12)22-13-9-5-2-6-10-13/h1-10,14H,11H2,(H,20,21)/t14-/m0/s1. The van der Waals surface area contributed by atoms with Crippen LogP contribution in [-0.4, -0.2) is 18.6 Å². The van der Waals surface area contributed by atoms with E-state index in [2.05, 4.69) is 0 Å². The minimum Gasteiger partial charge on any atom is -0.346 e. The Morgan fingerprint density at radius 3 is 2.09 bits per heavy atom. The third-order valence-electron chi connectivity index (χ3n) is 2.80. The molecule has 0 fully saturated rings. The molecule has 0 heterocycles. The van der Waals surface area contributed by atoms with Gasteiger partial charge in [0.15, 0.2) is 0 Å². The Morgan fingerprint density at radius 1 is 1.00 bits per heavy atom. The average Bonchev–Trinajstić information content (AvgIpc) is 2.51. The van der Waals surface area contributed by atoms with E-state index in [-0.39, 0.29) is 0 Å². The Hall–Kier alpha value is -1.95. The number of benzene rings is 2. The Labute approximate surface area is 130 Å². The first kappa shape index (κ1) is 16.4. The van der Waals surface area contributed by atoms with Gasteiger partial charge in [0.1, 0.15) is 11.8 Å². The molecule has 2 nitrogen and oxygen atoms in total. The van der Waals surface area contributed by atoms with Crippen molar-refractivity contribution < 1.29 is 18.0 Å². The molecule has 0 aliphatic rings. The molecule has 2 aromatic carbocycles. The highest BCUT2D eigenvalue weighted by atomic mass is 32.2. The molecule has 2 aromatic rings. The van der Waals surface area contributed by atoms with Gasteiger partial charge in [-0.3, -0.25) is 4.79 Å². The summed E-state index contributed by atoms with van der Waals surface area (Å²) in [6, 6.07) is 17.9. The lowest BCUT2D eigenvalue weighted by atomic mass is 10.1. The number of hydrogen-bond donors (Lipinski definition) is 1. The van der Waals surface area contributed by atoms with Crippen molar-refractivity contribution in [2.24, 2.45) is 0 Å². The highest BCUT2D eigenvalue weighted by Crippen LogP contribution is 2.35. The second-order valence-electron chi connectivity index (χ2n) is 4.55. The highest BCUT2D eigenvalue weighted by Gasteiger charge is 2.30. The van der Waals surface area contributed by atoms with E-state index in [0.717, 1.165) is 4.90 Å². The lowest BCUT2D eigenvalue weighted by molar-refractivity contribution is -0.138. The van der Waals surface area contributed by atoms with Crippen LogP contribution in [0, 0.1) is 0 Å². The van der Waals surface area contributed by atoms with Gasteiger partial charge in [-0.25, -0.2) is 0 Å². The van der Waals surface area contributed by atoms with Crippen LogP contribution < -0.4 is 5.32 Å². The van der Waals surface area contributed by atoms with Gasteiger partial charge in [0.05, 0.1) is 0 Å². The first-order valence-electron chi connectivity index (χ1n) is 6.57. The first-order valence-corrected chi connectivity index (χ1v) is 7.45. The first-order chi connectivity index (χ1) is 10.5. The summed E-state index contributed by atoms with van der Waals surface area (Å²) in [5.74, 6) is -0.655. The van der Waals surface area contributed by atoms with Crippen LogP contribution in [0.15, 0.2) is 65.6 Å². The molecule has 116 valence electrons. The fraction of sp³-hybridized carbons (Fsp3) is 0.188. The van der Waals surface area contributed by atoms with Gasteiger partial charge in [-0.05, 0) is 17.7 Å². The molecular weight excluding hydrogens is 311 g/mol. The zero-order valence-corrected chi connectivity index (χ0v) is 12.3. The number of rotatable bonds is 5. The molecule has 0 unspecified atom stereocenters. The van der Waals surface area contributed by atoms with Crippen LogP contribution in [0.4, 0.5) is 13.2 Å².